The zero-order valence-electron chi connectivity index (χ0n) is 9.13. The summed E-state index contributed by atoms with van der Waals surface area (Å²) in [6.45, 7) is 0. The minimum absolute atomic E-state index is 0.262. The van der Waals surface area contributed by atoms with Gasteiger partial charge in [0.25, 0.3) is 0 Å². The molecule has 82 valence electrons. The van der Waals surface area contributed by atoms with Crippen molar-refractivity contribution >= 4 is 10.9 Å². The summed E-state index contributed by atoms with van der Waals surface area (Å²) in [6.07, 6.45) is 5.07. The average molecular weight is 213 g/mol. The molecule has 1 heterocycles. The van der Waals surface area contributed by atoms with Crippen molar-refractivity contribution < 1.29 is 0 Å². The van der Waals surface area contributed by atoms with Crippen LogP contribution in [0.3, 0.4) is 0 Å². The second-order valence-electron chi connectivity index (χ2n) is 4.54. The number of nitrogens with two attached hydrogens (primary N) is 1. The van der Waals surface area contributed by atoms with E-state index in [2.05, 4.69) is 16.0 Å². The van der Waals surface area contributed by atoms with Gasteiger partial charge in [-0.2, -0.15) is 0 Å². The molecule has 2 aromatic rings. The normalized spacial score (nSPS) is 17.6. The van der Waals surface area contributed by atoms with E-state index in [9.17, 15) is 0 Å². The van der Waals surface area contributed by atoms with E-state index < -0.39 is 0 Å². The second-order valence-corrected chi connectivity index (χ2v) is 4.54. The molecule has 1 atom stereocenters. The van der Waals surface area contributed by atoms with Crippen molar-refractivity contribution in [2.24, 2.45) is 11.7 Å². The van der Waals surface area contributed by atoms with Gasteiger partial charge in [0, 0.05) is 17.8 Å². The highest BCUT2D eigenvalue weighted by molar-refractivity contribution is 5.80. The summed E-state index contributed by atoms with van der Waals surface area (Å²) >= 11 is 0. The van der Waals surface area contributed by atoms with Gasteiger partial charge < -0.3 is 5.73 Å². The summed E-state index contributed by atoms with van der Waals surface area (Å²) in [5.41, 5.74) is 8.24. The summed E-state index contributed by atoms with van der Waals surface area (Å²) in [6, 6.07) is 8.38. The van der Waals surface area contributed by atoms with Gasteiger partial charge in [0.05, 0.1) is 11.2 Å². The molecular formula is C13H15N3. The number of rotatable bonds is 3. The maximum atomic E-state index is 6.14. The summed E-state index contributed by atoms with van der Waals surface area (Å²) in [5, 5.41) is 1.14. The molecule has 0 saturated heterocycles. The highest BCUT2D eigenvalue weighted by Gasteiger charge is 2.28. The van der Waals surface area contributed by atoms with Crippen molar-refractivity contribution in [2.45, 2.75) is 25.3 Å². The summed E-state index contributed by atoms with van der Waals surface area (Å²) in [5.74, 6) is 0.716. The molecule has 0 aliphatic heterocycles. The van der Waals surface area contributed by atoms with Crippen LogP contribution in [-0.2, 0) is 6.42 Å². The van der Waals surface area contributed by atoms with Gasteiger partial charge >= 0.3 is 0 Å². The second kappa shape index (κ2) is 3.83. The molecule has 0 bridgehead atoms. The van der Waals surface area contributed by atoms with Gasteiger partial charge in [-0.3, -0.25) is 0 Å². The average Bonchev–Trinajstić information content (AvgIpc) is 3.13. The van der Waals surface area contributed by atoms with Crippen LogP contribution in [0, 0.1) is 5.92 Å². The zero-order valence-corrected chi connectivity index (χ0v) is 9.13. The zero-order chi connectivity index (χ0) is 11.0. The Labute approximate surface area is 94.7 Å². The van der Waals surface area contributed by atoms with Crippen LogP contribution in [0.1, 0.15) is 18.5 Å². The van der Waals surface area contributed by atoms with Gasteiger partial charge in [-0.1, -0.05) is 18.2 Å². The number of hydrogen-bond acceptors (Lipinski definition) is 3. The number of benzene rings is 1. The Kier molecular flexibility index (Phi) is 2.33. The number of aromatic nitrogens is 2. The Bertz CT molecular complexity index is 500. The van der Waals surface area contributed by atoms with Crippen LogP contribution in [0.4, 0.5) is 0 Å². The molecule has 1 aliphatic rings. The van der Waals surface area contributed by atoms with E-state index in [0.717, 1.165) is 23.0 Å². The smallest absolute Gasteiger partial charge is 0.116 e. The molecule has 16 heavy (non-hydrogen) atoms. The fourth-order valence-electron chi connectivity index (χ4n) is 2.14. The van der Waals surface area contributed by atoms with Crippen molar-refractivity contribution in [3.63, 3.8) is 0 Å². The van der Waals surface area contributed by atoms with Gasteiger partial charge in [0.2, 0.25) is 0 Å². The number of hydrogen-bond donors (Lipinski definition) is 1. The summed E-state index contributed by atoms with van der Waals surface area (Å²) in [4.78, 5) is 8.62. The van der Waals surface area contributed by atoms with Crippen molar-refractivity contribution in [2.75, 3.05) is 0 Å². The quantitative estimate of drug-likeness (QED) is 0.847. The van der Waals surface area contributed by atoms with E-state index in [1.807, 2.05) is 18.2 Å². The molecule has 0 spiro atoms. The molecule has 1 aromatic carbocycles. The molecule has 0 amide bonds. The van der Waals surface area contributed by atoms with Crippen LogP contribution in [0.5, 0.6) is 0 Å². The maximum absolute atomic E-state index is 6.14. The van der Waals surface area contributed by atoms with Gasteiger partial charge in [0.15, 0.2) is 0 Å². The van der Waals surface area contributed by atoms with E-state index in [1.54, 1.807) is 6.33 Å². The third-order valence-electron chi connectivity index (χ3n) is 3.28. The van der Waals surface area contributed by atoms with Gasteiger partial charge in [-0.25, -0.2) is 9.97 Å². The number of nitrogens with zero attached hydrogens (tertiary/aromatic N) is 2. The van der Waals surface area contributed by atoms with Gasteiger partial charge in [-0.15, -0.1) is 0 Å². The Morgan fingerprint density at radius 3 is 2.88 bits per heavy atom. The SMILES string of the molecule is NC(Cc1ncnc2ccccc12)C1CC1. The van der Waals surface area contributed by atoms with Crippen LogP contribution >= 0.6 is 0 Å². The molecule has 0 radical (unpaired) electrons. The van der Waals surface area contributed by atoms with E-state index in [-0.39, 0.29) is 6.04 Å². The van der Waals surface area contributed by atoms with Crippen molar-refractivity contribution in [3.8, 4) is 0 Å². The van der Waals surface area contributed by atoms with Crippen LogP contribution < -0.4 is 5.73 Å². The van der Waals surface area contributed by atoms with Crippen LogP contribution in [0.15, 0.2) is 30.6 Å². The first-order chi connectivity index (χ1) is 7.84. The molecule has 3 heteroatoms. The Hall–Kier alpha value is -1.48. The summed E-state index contributed by atoms with van der Waals surface area (Å²) < 4.78 is 0. The van der Waals surface area contributed by atoms with Crippen molar-refractivity contribution in [1.82, 2.24) is 9.97 Å². The molecule has 1 aliphatic carbocycles. The fraction of sp³-hybridized carbons (Fsp3) is 0.385. The number of fused-ring (bicyclic) bond motifs is 1. The van der Waals surface area contributed by atoms with Gasteiger partial charge in [0.1, 0.15) is 6.33 Å². The molecule has 1 aromatic heterocycles. The third kappa shape index (κ3) is 1.78. The monoisotopic (exact) mass is 213 g/mol. The third-order valence-corrected chi connectivity index (χ3v) is 3.28. The Balaban J connectivity index is 1.95. The lowest BCUT2D eigenvalue weighted by molar-refractivity contribution is 0.586. The topological polar surface area (TPSA) is 51.8 Å². The molecule has 3 rings (SSSR count). The predicted octanol–water partition coefficient (Wildman–Crippen LogP) is 1.91. The molecule has 2 N–H and O–H groups in total. The lowest BCUT2D eigenvalue weighted by Gasteiger charge is -2.10. The molecule has 1 saturated carbocycles. The summed E-state index contributed by atoms with van der Waals surface area (Å²) in [7, 11) is 0. The predicted molar refractivity (Wildman–Crippen MR) is 63.9 cm³/mol. The maximum Gasteiger partial charge on any atom is 0.116 e. The van der Waals surface area contributed by atoms with E-state index >= 15 is 0 Å². The highest BCUT2D eigenvalue weighted by Crippen LogP contribution is 2.33. The van der Waals surface area contributed by atoms with Crippen LogP contribution in [-0.4, -0.2) is 16.0 Å². The highest BCUT2D eigenvalue weighted by atomic mass is 14.8. The van der Waals surface area contributed by atoms with E-state index in [0.29, 0.717) is 5.92 Å². The molecule has 1 unspecified atom stereocenters. The Morgan fingerprint density at radius 1 is 1.25 bits per heavy atom. The van der Waals surface area contributed by atoms with Gasteiger partial charge in [-0.05, 0) is 24.8 Å². The standard InChI is InChI=1S/C13H15N3/c14-11(9-5-6-9)7-13-10-3-1-2-4-12(10)15-8-16-13/h1-4,8-9,11H,5-7,14H2. The molecular weight excluding hydrogens is 198 g/mol. The lowest BCUT2D eigenvalue weighted by atomic mass is 10.0. The van der Waals surface area contributed by atoms with Crippen molar-refractivity contribution in [1.29, 1.82) is 0 Å². The Morgan fingerprint density at radius 2 is 2.06 bits per heavy atom. The minimum atomic E-state index is 0.262. The van der Waals surface area contributed by atoms with E-state index in [1.165, 1.54) is 12.8 Å². The first-order valence-corrected chi connectivity index (χ1v) is 5.79. The lowest BCUT2D eigenvalue weighted by Crippen LogP contribution is -2.25. The largest absolute Gasteiger partial charge is 0.327 e. The first kappa shape index (κ1) is 9.73. The minimum Gasteiger partial charge on any atom is -0.327 e. The first-order valence-electron chi connectivity index (χ1n) is 5.79. The van der Waals surface area contributed by atoms with Crippen LogP contribution in [0.2, 0.25) is 0 Å². The molecule has 3 nitrogen and oxygen atoms in total. The fourth-order valence-corrected chi connectivity index (χ4v) is 2.14. The van der Waals surface area contributed by atoms with Crippen molar-refractivity contribution in [3.05, 3.63) is 36.3 Å². The molecule has 1 fully saturated rings. The number of para-hydroxylation sites is 1. The van der Waals surface area contributed by atoms with E-state index in [4.69, 9.17) is 5.73 Å². The van der Waals surface area contributed by atoms with Crippen LogP contribution in [0.25, 0.3) is 10.9 Å².